The fourth-order valence-electron chi connectivity index (χ4n) is 2.49. The van der Waals surface area contributed by atoms with Gasteiger partial charge in [-0.2, -0.15) is 0 Å². The van der Waals surface area contributed by atoms with Crippen LogP contribution in [0.4, 0.5) is 0 Å². The van der Waals surface area contributed by atoms with Crippen LogP contribution in [0.15, 0.2) is 24.5 Å². The minimum Gasteiger partial charge on any atom is -0.391 e. The molecule has 6 heteroatoms. The van der Waals surface area contributed by atoms with Gasteiger partial charge in [0.15, 0.2) is 5.82 Å². The third-order valence-electron chi connectivity index (χ3n) is 3.44. The predicted octanol–water partition coefficient (Wildman–Crippen LogP) is 1.21. The Morgan fingerprint density at radius 3 is 2.72 bits per heavy atom. The van der Waals surface area contributed by atoms with Crippen molar-refractivity contribution in [1.82, 2.24) is 25.2 Å². The van der Waals surface area contributed by atoms with E-state index in [1.807, 2.05) is 12.1 Å². The number of tetrazole rings is 1. The summed E-state index contributed by atoms with van der Waals surface area (Å²) in [5.74, 6) is 0.698. The molecule has 6 nitrogen and oxygen atoms in total. The molecule has 2 heterocycles. The topological polar surface area (TPSA) is 76.7 Å². The van der Waals surface area contributed by atoms with Crippen LogP contribution in [0.1, 0.15) is 31.7 Å². The number of rotatable bonds is 2. The number of aliphatic hydroxyl groups is 1. The molecule has 1 N–H and O–H groups in total. The van der Waals surface area contributed by atoms with Crippen LogP contribution in [0, 0.1) is 0 Å². The molecule has 0 aromatic carbocycles. The summed E-state index contributed by atoms with van der Waals surface area (Å²) < 4.78 is 1.75. The zero-order valence-corrected chi connectivity index (χ0v) is 9.98. The van der Waals surface area contributed by atoms with Gasteiger partial charge in [0.05, 0.1) is 12.1 Å². The van der Waals surface area contributed by atoms with E-state index in [4.69, 9.17) is 0 Å². The summed E-state index contributed by atoms with van der Waals surface area (Å²) in [5, 5.41) is 21.9. The minimum atomic E-state index is -0.358. The fraction of sp³-hybridized carbons (Fsp3) is 0.500. The zero-order valence-electron chi connectivity index (χ0n) is 9.98. The Kier molecular flexibility index (Phi) is 3.02. The van der Waals surface area contributed by atoms with E-state index in [-0.39, 0.29) is 12.1 Å². The molecule has 2 atom stereocenters. The molecule has 3 rings (SSSR count). The summed E-state index contributed by atoms with van der Waals surface area (Å²) in [6.07, 6.45) is 6.99. The van der Waals surface area contributed by atoms with Gasteiger partial charge in [0, 0.05) is 18.0 Å². The first kappa shape index (κ1) is 11.3. The van der Waals surface area contributed by atoms with Crippen molar-refractivity contribution in [2.75, 3.05) is 0 Å². The maximum Gasteiger partial charge on any atom is 0.182 e. The molecule has 1 aliphatic carbocycles. The summed E-state index contributed by atoms with van der Waals surface area (Å²) in [5.41, 5.74) is 0.924. The van der Waals surface area contributed by atoms with Gasteiger partial charge < -0.3 is 5.11 Å². The molecule has 94 valence electrons. The molecule has 1 saturated carbocycles. The van der Waals surface area contributed by atoms with Crippen LogP contribution in [0.25, 0.3) is 11.4 Å². The van der Waals surface area contributed by atoms with Crippen LogP contribution in [0.2, 0.25) is 0 Å². The van der Waals surface area contributed by atoms with Gasteiger partial charge >= 0.3 is 0 Å². The maximum absolute atomic E-state index is 10.1. The lowest BCUT2D eigenvalue weighted by molar-refractivity contribution is 0.0693. The average molecular weight is 245 g/mol. The fourth-order valence-corrected chi connectivity index (χ4v) is 2.49. The Hall–Kier alpha value is -1.82. The van der Waals surface area contributed by atoms with E-state index in [0.29, 0.717) is 5.82 Å². The second-order valence-corrected chi connectivity index (χ2v) is 4.60. The number of aliphatic hydroxyl groups excluding tert-OH is 1. The standard InChI is InChI=1S/C12H15N5O/c18-11-4-2-1-3-10(11)17-12(14-15-16-17)9-5-7-13-8-6-9/h5-8,10-11,18H,1-4H2/t10-,11+/m0/s1. The third-order valence-corrected chi connectivity index (χ3v) is 3.44. The van der Waals surface area contributed by atoms with Crippen molar-refractivity contribution >= 4 is 0 Å². The van der Waals surface area contributed by atoms with Crippen molar-refractivity contribution in [2.45, 2.75) is 37.8 Å². The lowest BCUT2D eigenvalue weighted by Crippen LogP contribution is -2.28. The van der Waals surface area contributed by atoms with E-state index in [0.717, 1.165) is 31.2 Å². The van der Waals surface area contributed by atoms with Gasteiger partial charge in [0.2, 0.25) is 0 Å². The second kappa shape index (κ2) is 4.81. The van der Waals surface area contributed by atoms with Gasteiger partial charge in [-0.15, -0.1) is 5.10 Å². The molecule has 0 bridgehead atoms. The molecule has 2 aromatic rings. The maximum atomic E-state index is 10.1. The number of nitrogens with zero attached hydrogens (tertiary/aromatic N) is 5. The Balaban J connectivity index is 1.96. The van der Waals surface area contributed by atoms with Crippen LogP contribution in [-0.4, -0.2) is 36.4 Å². The predicted molar refractivity (Wildman–Crippen MR) is 64.6 cm³/mol. The summed E-state index contributed by atoms with van der Waals surface area (Å²) in [6.45, 7) is 0. The summed E-state index contributed by atoms with van der Waals surface area (Å²) in [4.78, 5) is 3.99. The lowest BCUT2D eigenvalue weighted by atomic mass is 9.92. The van der Waals surface area contributed by atoms with Crippen LogP contribution in [0.5, 0.6) is 0 Å². The smallest absolute Gasteiger partial charge is 0.182 e. The van der Waals surface area contributed by atoms with Gasteiger partial charge in [-0.3, -0.25) is 4.98 Å². The third kappa shape index (κ3) is 1.99. The normalized spacial score (nSPS) is 24.1. The van der Waals surface area contributed by atoms with Gasteiger partial charge in [-0.05, 0) is 35.4 Å². The Labute approximate surface area is 105 Å². The van der Waals surface area contributed by atoms with Gasteiger partial charge in [-0.25, -0.2) is 4.68 Å². The van der Waals surface area contributed by atoms with Crippen LogP contribution >= 0.6 is 0 Å². The highest BCUT2D eigenvalue weighted by Crippen LogP contribution is 2.30. The highest BCUT2D eigenvalue weighted by atomic mass is 16.3. The van der Waals surface area contributed by atoms with Crippen LogP contribution < -0.4 is 0 Å². The van der Waals surface area contributed by atoms with E-state index >= 15 is 0 Å². The highest BCUT2D eigenvalue weighted by molar-refractivity contribution is 5.53. The van der Waals surface area contributed by atoms with Crippen molar-refractivity contribution in [2.24, 2.45) is 0 Å². The molecule has 2 aromatic heterocycles. The second-order valence-electron chi connectivity index (χ2n) is 4.60. The number of aromatic nitrogens is 5. The number of hydrogen-bond acceptors (Lipinski definition) is 5. The zero-order chi connectivity index (χ0) is 12.4. The molecule has 0 aliphatic heterocycles. The molecule has 0 spiro atoms. The van der Waals surface area contributed by atoms with Gasteiger partial charge in [-0.1, -0.05) is 12.8 Å². The Morgan fingerprint density at radius 2 is 1.94 bits per heavy atom. The monoisotopic (exact) mass is 245 g/mol. The van der Waals surface area contributed by atoms with Crippen molar-refractivity contribution < 1.29 is 5.11 Å². The molecule has 0 amide bonds. The largest absolute Gasteiger partial charge is 0.391 e. The Bertz CT molecular complexity index is 512. The molecule has 0 unspecified atom stereocenters. The molecular weight excluding hydrogens is 230 g/mol. The quantitative estimate of drug-likeness (QED) is 0.860. The number of hydrogen-bond donors (Lipinski definition) is 1. The summed E-state index contributed by atoms with van der Waals surface area (Å²) in [7, 11) is 0. The lowest BCUT2D eigenvalue weighted by Gasteiger charge is -2.27. The van der Waals surface area contributed by atoms with Gasteiger partial charge in [0.1, 0.15) is 0 Å². The van der Waals surface area contributed by atoms with Crippen LogP contribution in [0.3, 0.4) is 0 Å². The molecule has 1 fully saturated rings. The minimum absolute atomic E-state index is 0.0167. The summed E-state index contributed by atoms with van der Waals surface area (Å²) in [6, 6.07) is 3.73. The van der Waals surface area contributed by atoms with Crippen molar-refractivity contribution in [3.63, 3.8) is 0 Å². The van der Waals surface area contributed by atoms with E-state index in [1.54, 1.807) is 17.1 Å². The van der Waals surface area contributed by atoms with Crippen molar-refractivity contribution in [3.05, 3.63) is 24.5 Å². The molecule has 0 saturated heterocycles. The first-order valence-corrected chi connectivity index (χ1v) is 6.22. The van der Waals surface area contributed by atoms with E-state index < -0.39 is 0 Å². The van der Waals surface area contributed by atoms with Crippen LogP contribution in [-0.2, 0) is 0 Å². The van der Waals surface area contributed by atoms with E-state index in [9.17, 15) is 5.11 Å². The summed E-state index contributed by atoms with van der Waals surface area (Å²) >= 11 is 0. The first-order chi connectivity index (χ1) is 8.86. The van der Waals surface area contributed by atoms with Crippen molar-refractivity contribution in [3.8, 4) is 11.4 Å². The Morgan fingerprint density at radius 1 is 1.17 bits per heavy atom. The highest BCUT2D eigenvalue weighted by Gasteiger charge is 2.28. The SMILES string of the molecule is O[C@@H]1CCCC[C@@H]1n1nnnc1-c1ccncc1. The van der Waals surface area contributed by atoms with Crippen molar-refractivity contribution in [1.29, 1.82) is 0 Å². The first-order valence-electron chi connectivity index (χ1n) is 6.22. The average Bonchev–Trinajstić information content (AvgIpc) is 2.89. The van der Waals surface area contributed by atoms with E-state index in [1.165, 1.54) is 0 Å². The van der Waals surface area contributed by atoms with Gasteiger partial charge in [0.25, 0.3) is 0 Å². The molecular formula is C12H15N5O. The van der Waals surface area contributed by atoms with E-state index in [2.05, 4.69) is 20.5 Å². The molecule has 0 radical (unpaired) electrons. The number of pyridine rings is 1. The molecule has 1 aliphatic rings. The molecule has 18 heavy (non-hydrogen) atoms.